The average Bonchev–Trinajstić information content (AvgIpc) is 2.31. The molecule has 1 fully saturated rings. The van der Waals surface area contributed by atoms with Crippen LogP contribution in [-0.2, 0) is 0 Å². The Hall–Kier alpha value is -0.300. The van der Waals surface area contributed by atoms with Gasteiger partial charge in [-0.3, -0.25) is 4.90 Å². The summed E-state index contributed by atoms with van der Waals surface area (Å²) in [6.45, 7) is 7.62. The van der Waals surface area contributed by atoms with Gasteiger partial charge in [-0.15, -0.1) is 0 Å². The molecule has 0 aromatic rings. The lowest BCUT2D eigenvalue weighted by Gasteiger charge is -2.53. The fourth-order valence-corrected chi connectivity index (χ4v) is 4.20. The molecule has 3 rings (SSSR count). The molecule has 0 amide bonds. The van der Waals surface area contributed by atoms with Crippen LogP contribution in [0.3, 0.4) is 0 Å². The largest absolute Gasteiger partial charge is 0.294 e. The van der Waals surface area contributed by atoms with Crippen molar-refractivity contribution in [1.29, 1.82) is 0 Å². The second-order valence-electron chi connectivity index (χ2n) is 6.40. The van der Waals surface area contributed by atoms with E-state index in [0.29, 0.717) is 5.54 Å². The maximum atomic E-state index is 2.80. The van der Waals surface area contributed by atoms with E-state index in [1.165, 1.54) is 58.0 Å². The van der Waals surface area contributed by atoms with Crippen LogP contribution in [0.2, 0.25) is 0 Å². The molecule has 2 heterocycles. The van der Waals surface area contributed by atoms with Crippen molar-refractivity contribution in [2.24, 2.45) is 5.92 Å². The van der Waals surface area contributed by atoms with Gasteiger partial charge in [0.2, 0.25) is 0 Å². The van der Waals surface area contributed by atoms with Gasteiger partial charge in [0.15, 0.2) is 0 Å². The lowest BCUT2D eigenvalue weighted by atomic mass is 9.70. The molecule has 90 valence electrons. The zero-order chi connectivity index (χ0) is 11.2. The summed E-state index contributed by atoms with van der Waals surface area (Å²) < 4.78 is 0. The van der Waals surface area contributed by atoms with Crippen molar-refractivity contribution >= 4 is 0 Å². The van der Waals surface area contributed by atoms with Crippen LogP contribution >= 0.6 is 0 Å². The Bertz CT molecular complexity index is 317. The summed E-state index contributed by atoms with van der Waals surface area (Å²) in [5.41, 5.74) is 4.16. The first-order chi connectivity index (χ1) is 7.70. The van der Waals surface area contributed by atoms with Gasteiger partial charge in [-0.2, -0.15) is 0 Å². The fraction of sp³-hybridized carbons (Fsp3) is 0.867. The molecule has 0 aromatic carbocycles. The molecule has 0 radical (unpaired) electrons. The summed E-state index contributed by atoms with van der Waals surface area (Å²) in [5.74, 6) is 0.916. The maximum Gasteiger partial charge on any atom is 0.0395 e. The number of piperidine rings is 1. The highest BCUT2D eigenvalue weighted by Gasteiger charge is 2.43. The minimum atomic E-state index is 0.459. The third-order valence-corrected chi connectivity index (χ3v) is 5.27. The maximum absolute atomic E-state index is 2.80. The monoisotopic (exact) mass is 219 g/mol. The molecule has 1 nitrogen and oxygen atoms in total. The van der Waals surface area contributed by atoms with Gasteiger partial charge in [-0.25, -0.2) is 0 Å². The van der Waals surface area contributed by atoms with E-state index in [4.69, 9.17) is 0 Å². The van der Waals surface area contributed by atoms with E-state index in [1.54, 1.807) is 0 Å². The van der Waals surface area contributed by atoms with Crippen molar-refractivity contribution < 1.29 is 0 Å². The van der Waals surface area contributed by atoms with Crippen LogP contribution in [0.5, 0.6) is 0 Å². The van der Waals surface area contributed by atoms with E-state index in [2.05, 4.69) is 18.7 Å². The normalized spacial score (nSPS) is 40.5. The molecule has 0 aromatic heterocycles. The van der Waals surface area contributed by atoms with Gasteiger partial charge in [0.25, 0.3) is 0 Å². The first-order valence-corrected chi connectivity index (χ1v) is 7.16. The van der Waals surface area contributed by atoms with Crippen LogP contribution in [0.4, 0.5) is 0 Å². The molecule has 0 N–H and O–H groups in total. The molecule has 0 saturated carbocycles. The van der Waals surface area contributed by atoms with Crippen molar-refractivity contribution in [1.82, 2.24) is 4.90 Å². The third-order valence-electron chi connectivity index (χ3n) is 5.27. The van der Waals surface area contributed by atoms with Gasteiger partial charge < -0.3 is 0 Å². The second-order valence-corrected chi connectivity index (χ2v) is 6.40. The molecule has 1 saturated heterocycles. The lowest BCUT2D eigenvalue weighted by Crippen LogP contribution is -2.56. The molecule has 2 atom stereocenters. The average molecular weight is 219 g/mol. The van der Waals surface area contributed by atoms with E-state index >= 15 is 0 Å². The zero-order valence-corrected chi connectivity index (χ0v) is 10.9. The quantitative estimate of drug-likeness (QED) is 0.561. The molecular weight excluding hydrogens is 194 g/mol. The fourth-order valence-electron chi connectivity index (χ4n) is 4.20. The molecule has 0 unspecified atom stereocenters. The highest BCUT2D eigenvalue weighted by molar-refractivity contribution is 5.31. The summed E-state index contributed by atoms with van der Waals surface area (Å²) >= 11 is 0. The van der Waals surface area contributed by atoms with Crippen molar-refractivity contribution in [3.05, 3.63) is 11.1 Å². The van der Waals surface area contributed by atoms with E-state index < -0.39 is 0 Å². The molecule has 16 heavy (non-hydrogen) atoms. The highest BCUT2D eigenvalue weighted by atomic mass is 15.2. The highest BCUT2D eigenvalue weighted by Crippen LogP contribution is 2.46. The minimum Gasteiger partial charge on any atom is -0.294 e. The zero-order valence-electron chi connectivity index (χ0n) is 10.9. The number of hydrogen-bond donors (Lipinski definition) is 0. The van der Waals surface area contributed by atoms with Crippen LogP contribution < -0.4 is 0 Å². The van der Waals surface area contributed by atoms with Gasteiger partial charge in [0, 0.05) is 18.6 Å². The van der Waals surface area contributed by atoms with Crippen molar-refractivity contribution in [3.63, 3.8) is 0 Å². The van der Waals surface area contributed by atoms with E-state index in [1.807, 2.05) is 11.1 Å². The van der Waals surface area contributed by atoms with E-state index in [-0.39, 0.29) is 0 Å². The Kier molecular flexibility index (Phi) is 2.62. The first-order valence-electron chi connectivity index (χ1n) is 7.16. The Morgan fingerprint density at radius 1 is 1.19 bits per heavy atom. The van der Waals surface area contributed by atoms with Gasteiger partial charge >= 0.3 is 0 Å². The summed E-state index contributed by atoms with van der Waals surface area (Å²) in [4.78, 5) is 2.80. The van der Waals surface area contributed by atoms with Crippen molar-refractivity contribution in [3.8, 4) is 0 Å². The SMILES string of the molecule is C[C@@H]1CC[C@@]2(C)C3=C(CCCC3)CCN2C1. The predicted octanol–water partition coefficient (Wildman–Crippen LogP) is 3.75. The van der Waals surface area contributed by atoms with E-state index in [0.717, 1.165) is 5.92 Å². The van der Waals surface area contributed by atoms with Gasteiger partial charge in [-0.05, 0) is 57.8 Å². The number of nitrogens with zero attached hydrogens (tertiary/aromatic N) is 1. The number of rotatable bonds is 0. The summed E-state index contributed by atoms with van der Waals surface area (Å²) in [7, 11) is 0. The number of fused-ring (bicyclic) bond motifs is 2. The van der Waals surface area contributed by atoms with Crippen molar-refractivity contribution in [2.45, 2.75) is 64.3 Å². The van der Waals surface area contributed by atoms with Crippen LogP contribution in [0, 0.1) is 5.92 Å². The Morgan fingerprint density at radius 3 is 2.88 bits per heavy atom. The van der Waals surface area contributed by atoms with Gasteiger partial charge in [0.05, 0.1) is 0 Å². The molecule has 0 bridgehead atoms. The molecule has 3 aliphatic rings. The summed E-state index contributed by atoms with van der Waals surface area (Å²) in [6, 6.07) is 0. The topological polar surface area (TPSA) is 3.24 Å². The predicted molar refractivity (Wildman–Crippen MR) is 68.5 cm³/mol. The molecule has 0 spiro atoms. The second kappa shape index (κ2) is 3.87. The van der Waals surface area contributed by atoms with Crippen LogP contribution in [-0.4, -0.2) is 23.5 Å². The lowest BCUT2D eigenvalue weighted by molar-refractivity contribution is 0.0489. The minimum absolute atomic E-state index is 0.459. The van der Waals surface area contributed by atoms with E-state index in [9.17, 15) is 0 Å². The molecule has 2 aliphatic heterocycles. The van der Waals surface area contributed by atoms with Crippen molar-refractivity contribution in [2.75, 3.05) is 13.1 Å². The van der Waals surface area contributed by atoms with Crippen LogP contribution in [0.15, 0.2) is 11.1 Å². The first kappa shape index (κ1) is 10.8. The summed E-state index contributed by atoms with van der Waals surface area (Å²) in [6.07, 6.45) is 9.92. The third kappa shape index (κ3) is 1.55. The molecule has 1 heteroatoms. The Balaban J connectivity index is 1.93. The summed E-state index contributed by atoms with van der Waals surface area (Å²) in [5, 5.41) is 0. The Labute approximate surface area is 99.9 Å². The molecule has 1 aliphatic carbocycles. The van der Waals surface area contributed by atoms with Crippen LogP contribution in [0.1, 0.15) is 58.8 Å². The number of hydrogen-bond acceptors (Lipinski definition) is 1. The van der Waals surface area contributed by atoms with Gasteiger partial charge in [0.1, 0.15) is 0 Å². The standard InChI is InChI=1S/C15H25N/c1-12-7-9-15(2)14-6-4-3-5-13(14)8-10-16(15)11-12/h12H,3-11H2,1-2H3/t12-,15+/m1/s1. The smallest absolute Gasteiger partial charge is 0.0395 e. The van der Waals surface area contributed by atoms with Gasteiger partial charge in [-0.1, -0.05) is 18.1 Å². The molecular formula is C15H25N. The Morgan fingerprint density at radius 2 is 2.00 bits per heavy atom. The van der Waals surface area contributed by atoms with Crippen LogP contribution in [0.25, 0.3) is 0 Å².